The van der Waals surface area contributed by atoms with Gasteiger partial charge in [0.15, 0.2) is 0 Å². The zero-order valence-electron chi connectivity index (χ0n) is 24.0. The van der Waals surface area contributed by atoms with E-state index in [-0.39, 0.29) is 12.0 Å². The predicted octanol–water partition coefficient (Wildman–Crippen LogP) is 6.87. The van der Waals surface area contributed by atoms with Crippen LogP contribution in [0.2, 0.25) is 5.02 Å². The highest BCUT2D eigenvalue weighted by molar-refractivity contribution is 6.32. The van der Waals surface area contributed by atoms with Crippen molar-refractivity contribution in [2.75, 3.05) is 45.8 Å². The number of carbonyl (C=O) groups excluding carboxylic acids is 1. The van der Waals surface area contributed by atoms with Crippen LogP contribution in [0.25, 0.3) is 0 Å². The summed E-state index contributed by atoms with van der Waals surface area (Å²) in [6.07, 6.45) is 4.24. The lowest BCUT2D eigenvalue weighted by atomic mass is 9.90. The summed E-state index contributed by atoms with van der Waals surface area (Å²) in [6, 6.07) is 26.9. The highest BCUT2D eigenvalue weighted by atomic mass is 35.5. The van der Waals surface area contributed by atoms with Gasteiger partial charge in [0.1, 0.15) is 11.9 Å². The molecule has 0 atom stereocenters. The van der Waals surface area contributed by atoms with E-state index in [1.54, 1.807) is 6.07 Å². The van der Waals surface area contributed by atoms with Crippen LogP contribution in [0.15, 0.2) is 78.9 Å². The average Bonchev–Trinajstić information content (AvgIpc) is 2.99. The standard InChI is InChI=1S/C34H44ClN3O2/c1-3-20-37(21-4-2)24-19-36-34(39)29-15-16-33(32(35)25-29)40-30-17-22-38(23-18-30)26-31(27-11-7-5-8-12-27)28-13-9-6-10-14-28/h5-16,25,30-31H,3-4,17-24,26H2,1-2H3,(H,36,39). The summed E-state index contributed by atoms with van der Waals surface area (Å²) >= 11 is 6.57. The van der Waals surface area contributed by atoms with Gasteiger partial charge in [-0.25, -0.2) is 0 Å². The molecule has 0 unspecified atom stereocenters. The van der Waals surface area contributed by atoms with Gasteiger partial charge in [-0.3, -0.25) is 4.79 Å². The largest absolute Gasteiger partial charge is 0.489 e. The molecule has 40 heavy (non-hydrogen) atoms. The lowest BCUT2D eigenvalue weighted by molar-refractivity contribution is 0.0947. The second-order valence-corrected chi connectivity index (χ2v) is 11.1. The quantitative estimate of drug-likeness (QED) is 0.233. The van der Waals surface area contributed by atoms with E-state index < -0.39 is 0 Å². The third-order valence-electron chi connectivity index (χ3n) is 7.66. The smallest absolute Gasteiger partial charge is 0.251 e. The summed E-state index contributed by atoms with van der Waals surface area (Å²) in [5.74, 6) is 0.899. The number of hydrogen-bond donors (Lipinski definition) is 1. The minimum Gasteiger partial charge on any atom is -0.489 e. The van der Waals surface area contributed by atoms with Gasteiger partial charge in [-0.15, -0.1) is 0 Å². The van der Waals surface area contributed by atoms with Gasteiger partial charge in [0.2, 0.25) is 0 Å². The maximum Gasteiger partial charge on any atom is 0.251 e. The number of ether oxygens (including phenoxy) is 1. The Morgan fingerprint density at radius 1 is 0.925 bits per heavy atom. The number of rotatable bonds is 14. The molecule has 0 bridgehead atoms. The molecule has 1 heterocycles. The summed E-state index contributed by atoms with van der Waals surface area (Å²) in [6.45, 7) is 10.9. The number of likely N-dealkylation sites (tertiary alicyclic amines) is 1. The average molecular weight is 562 g/mol. The van der Waals surface area contributed by atoms with Gasteiger partial charge < -0.3 is 19.9 Å². The van der Waals surface area contributed by atoms with Crippen LogP contribution in [-0.4, -0.2) is 67.6 Å². The molecule has 1 aliphatic heterocycles. The van der Waals surface area contributed by atoms with E-state index in [0.29, 0.717) is 28.8 Å². The summed E-state index contributed by atoms with van der Waals surface area (Å²) in [7, 11) is 0. The van der Waals surface area contributed by atoms with Gasteiger partial charge in [-0.05, 0) is 68.1 Å². The Hall–Kier alpha value is -2.86. The molecular formula is C34H44ClN3O2. The predicted molar refractivity (Wildman–Crippen MR) is 166 cm³/mol. The fourth-order valence-corrected chi connectivity index (χ4v) is 5.78. The number of halogens is 1. The molecule has 1 amide bonds. The van der Waals surface area contributed by atoms with Gasteiger partial charge in [0.25, 0.3) is 5.91 Å². The molecule has 4 rings (SSSR count). The molecule has 0 radical (unpaired) electrons. The molecule has 6 heteroatoms. The molecule has 0 aromatic heterocycles. The van der Waals surface area contributed by atoms with Crippen LogP contribution in [-0.2, 0) is 0 Å². The van der Waals surface area contributed by atoms with E-state index in [0.717, 1.165) is 65.0 Å². The Bertz CT molecular complexity index is 1120. The first-order chi connectivity index (χ1) is 19.6. The first-order valence-corrected chi connectivity index (χ1v) is 15.2. The molecule has 0 spiro atoms. The lowest BCUT2D eigenvalue weighted by Crippen LogP contribution is -2.40. The highest BCUT2D eigenvalue weighted by Gasteiger charge is 2.25. The van der Waals surface area contributed by atoms with Crippen LogP contribution in [0.5, 0.6) is 5.75 Å². The van der Waals surface area contributed by atoms with Gasteiger partial charge in [-0.2, -0.15) is 0 Å². The molecule has 1 N–H and O–H groups in total. The van der Waals surface area contributed by atoms with Gasteiger partial charge in [0, 0.05) is 44.2 Å². The zero-order valence-corrected chi connectivity index (χ0v) is 24.8. The molecule has 1 aliphatic rings. The number of benzene rings is 3. The van der Waals surface area contributed by atoms with Gasteiger partial charge in [-0.1, -0.05) is 86.1 Å². The van der Waals surface area contributed by atoms with Crippen molar-refractivity contribution in [2.45, 2.75) is 51.6 Å². The topological polar surface area (TPSA) is 44.8 Å². The fourth-order valence-electron chi connectivity index (χ4n) is 5.56. The van der Waals surface area contributed by atoms with Crippen LogP contribution >= 0.6 is 11.6 Å². The van der Waals surface area contributed by atoms with E-state index >= 15 is 0 Å². The van der Waals surface area contributed by atoms with Crippen molar-refractivity contribution in [1.82, 2.24) is 15.1 Å². The summed E-state index contributed by atoms with van der Waals surface area (Å²) in [5, 5.41) is 3.52. The van der Waals surface area contributed by atoms with Crippen molar-refractivity contribution in [3.8, 4) is 5.75 Å². The van der Waals surface area contributed by atoms with E-state index in [1.807, 2.05) is 12.1 Å². The monoisotopic (exact) mass is 561 g/mol. The normalized spacial score (nSPS) is 14.5. The number of piperidine rings is 1. The van der Waals surface area contributed by atoms with E-state index in [1.165, 1.54) is 11.1 Å². The first kappa shape index (κ1) is 30.1. The molecule has 0 saturated carbocycles. The second-order valence-electron chi connectivity index (χ2n) is 10.7. The van der Waals surface area contributed by atoms with Crippen molar-refractivity contribution < 1.29 is 9.53 Å². The van der Waals surface area contributed by atoms with Crippen LogP contribution in [0, 0.1) is 0 Å². The van der Waals surface area contributed by atoms with Crippen molar-refractivity contribution in [2.24, 2.45) is 0 Å². The molecule has 214 valence electrons. The Morgan fingerprint density at radius 3 is 2.08 bits per heavy atom. The molecule has 0 aliphatic carbocycles. The number of nitrogens with one attached hydrogen (secondary N) is 1. The maximum absolute atomic E-state index is 12.7. The van der Waals surface area contributed by atoms with E-state index in [4.69, 9.17) is 16.3 Å². The second kappa shape index (κ2) is 15.8. The highest BCUT2D eigenvalue weighted by Crippen LogP contribution is 2.30. The number of amides is 1. The molecular weight excluding hydrogens is 518 g/mol. The Balaban J connectivity index is 1.27. The lowest BCUT2D eigenvalue weighted by Gasteiger charge is -2.34. The Morgan fingerprint density at radius 2 is 1.52 bits per heavy atom. The van der Waals surface area contributed by atoms with Gasteiger partial charge in [0.05, 0.1) is 5.02 Å². The van der Waals surface area contributed by atoms with Crippen LogP contribution in [0.3, 0.4) is 0 Å². The third kappa shape index (κ3) is 8.82. The first-order valence-electron chi connectivity index (χ1n) is 14.9. The van der Waals surface area contributed by atoms with Crippen molar-refractivity contribution in [3.05, 3.63) is 101 Å². The van der Waals surface area contributed by atoms with E-state index in [9.17, 15) is 4.79 Å². The molecule has 1 fully saturated rings. The summed E-state index contributed by atoms with van der Waals surface area (Å²) in [5.41, 5.74) is 3.27. The van der Waals surface area contributed by atoms with Crippen LogP contribution < -0.4 is 10.1 Å². The van der Waals surface area contributed by atoms with Gasteiger partial charge >= 0.3 is 0 Å². The molecule has 3 aromatic rings. The maximum atomic E-state index is 12.7. The SMILES string of the molecule is CCCN(CCC)CCNC(=O)c1ccc(OC2CCN(CC(c3ccccc3)c3ccccc3)CC2)c(Cl)c1. The zero-order chi connectivity index (χ0) is 28.2. The minimum absolute atomic E-state index is 0.0962. The van der Waals surface area contributed by atoms with Crippen molar-refractivity contribution >= 4 is 17.5 Å². The number of nitrogens with zero attached hydrogens (tertiary/aromatic N) is 2. The molecule has 5 nitrogen and oxygen atoms in total. The Labute approximate surface area is 245 Å². The third-order valence-corrected chi connectivity index (χ3v) is 7.96. The molecule has 3 aromatic carbocycles. The fraction of sp³-hybridized carbons (Fsp3) is 0.441. The van der Waals surface area contributed by atoms with Crippen molar-refractivity contribution in [1.29, 1.82) is 0 Å². The van der Waals surface area contributed by atoms with Crippen LogP contribution in [0.1, 0.15) is 66.9 Å². The Kier molecular flexibility index (Phi) is 11.9. The van der Waals surface area contributed by atoms with E-state index in [2.05, 4.69) is 89.6 Å². The van der Waals surface area contributed by atoms with Crippen molar-refractivity contribution in [3.63, 3.8) is 0 Å². The summed E-state index contributed by atoms with van der Waals surface area (Å²) < 4.78 is 6.31. The minimum atomic E-state index is -0.0962. The van der Waals surface area contributed by atoms with Crippen LogP contribution in [0.4, 0.5) is 0 Å². The number of carbonyl (C=O) groups is 1. The summed E-state index contributed by atoms with van der Waals surface area (Å²) in [4.78, 5) is 17.6. The molecule has 1 saturated heterocycles. The number of hydrogen-bond acceptors (Lipinski definition) is 4.